The van der Waals surface area contributed by atoms with Crippen LogP contribution in [-0.2, 0) is 0 Å². The summed E-state index contributed by atoms with van der Waals surface area (Å²) in [6.07, 6.45) is 1.19. The average molecular weight is 402 g/mol. The molecule has 1 aliphatic rings. The van der Waals surface area contributed by atoms with E-state index in [1.54, 1.807) is 36.5 Å². The van der Waals surface area contributed by atoms with Crippen LogP contribution in [0.2, 0.25) is 0 Å². The third-order valence-corrected chi connectivity index (χ3v) is 4.49. The Morgan fingerprint density at radius 1 is 1.20 bits per heavy atom. The van der Waals surface area contributed by atoms with E-state index in [1.165, 1.54) is 0 Å². The lowest BCUT2D eigenvalue weighted by Gasteiger charge is -2.29. The number of phenols is 1. The maximum Gasteiger partial charge on any atom is 0.198 e. The summed E-state index contributed by atoms with van der Waals surface area (Å²) in [4.78, 5) is 13.0. The number of hydrogen-bond donors (Lipinski definition) is 2. The first-order valence-corrected chi connectivity index (χ1v) is 8.82. The van der Waals surface area contributed by atoms with Gasteiger partial charge in [-0.2, -0.15) is 0 Å². The molecule has 5 heteroatoms. The first kappa shape index (κ1) is 17.5. The highest BCUT2D eigenvalue weighted by molar-refractivity contribution is 9.10. The van der Waals surface area contributed by atoms with Crippen molar-refractivity contribution in [2.24, 2.45) is 0 Å². The zero-order valence-corrected chi connectivity index (χ0v) is 15.9. The van der Waals surface area contributed by atoms with Crippen molar-refractivity contribution in [3.05, 3.63) is 69.8 Å². The predicted molar refractivity (Wildman–Crippen MR) is 101 cm³/mol. The Labute approximate surface area is 155 Å². The van der Waals surface area contributed by atoms with Crippen LogP contribution in [0.15, 0.2) is 58.7 Å². The van der Waals surface area contributed by atoms with Gasteiger partial charge < -0.3 is 15.2 Å². The van der Waals surface area contributed by atoms with Crippen LogP contribution in [0.5, 0.6) is 11.5 Å². The van der Waals surface area contributed by atoms with E-state index in [1.807, 2.05) is 32.9 Å². The van der Waals surface area contributed by atoms with Crippen molar-refractivity contribution in [3.8, 4) is 11.5 Å². The van der Waals surface area contributed by atoms with Gasteiger partial charge in [0.05, 0.1) is 15.6 Å². The number of carbonyl (C=O) groups is 1. The van der Waals surface area contributed by atoms with Crippen molar-refractivity contribution in [3.63, 3.8) is 0 Å². The van der Waals surface area contributed by atoms with Crippen molar-refractivity contribution in [1.29, 1.82) is 0 Å². The Bertz CT molecular complexity index is 852. The van der Waals surface area contributed by atoms with Gasteiger partial charge in [0.2, 0.25) is 0 Å². The molecular weight excluding hydrogens is 382 g/mol. The van der Waals surface area contributed by atoms with Crippen molar-refractivity contribution in [1.82, 2.24) is 5.32 Å². The second-order valence-corrected chi connectivity index (χ2v) is 7.88. The molecule has 2 aromatic rings. The third kappa shape index (κ3) is 3.71. The molecule has 2 aromatic carbocycles. The highest BCUT2D eigenvalue weighted by Crippen LogP contribution is 2.39. The minimum Gasteiger partial charge on any atom is -0.507 e. The molecule has 0 radical (unpaired) electrons. The van der Waals surface area contributed by atoms with E-state index in [0.29, 0.717) is 21.4 Å². The zero-order chi connectivity index (χ0) is 18.2. The smallest absolute Gasteiger partial charge is 0.198 e. The van der Waals surface area contributed by atoms with E-state index >= 15 is 0 Å². The van der Waals surface area contributed by atoms with Crippen LogP contribution in [0.3, 0.4) is 0 Å². The van der Waals surface area contributed by atoms with Gasteiger partial charge in [-0.25, -0.2) is 0 Å². The molecule has 0 fully saturated rings. The van der Waals surface area contributed by atoms with Crippen LogP contribution in [0, 0.1) is 0 Å². The Balaban J connectivity index is 2.09. The van der Waals surface area contributed by atoms with Crippen LogP contribution < -0.4 is 10.1 Å². The Hall–Kier alpha value is -2.27. The van der Waals surface area contributed by atoms with E-state index in [0.717, 1.165) is 5.56 Å². The Morgan fingerprint density at radius 3 is 2.60 bits per heavy atom. The number of hydrogen-bond acceptors (Lipinski definition) is 4. The Kier molecular flexibility index (Phi) is 4.60. The highest BCUT2D eigenvalue weighted by atomic mass is 79.9. The summed E-state index contributed by atoms with van der Waals surface area (Å²) in [6.45, 7) is 6.08. The fourth-order valence-corrected chi connectivity index (χ4v) is 2.99. The van der Waals surface area contributed by atoms with Gasteiger partial charge in [0.15, 0.2) is 11.9 Å². The minimum absolute atomic E-state index is 0.0622. The first-order valence-electron chi connectivity index (χ1n) is 8.03. The second kappa shape index (κ2) is 6.56. The number of carbonyl (C=O) groups excluding carboxylic acids is 1. The number of benzene rings is 2. The monoisotopic (exact) mass is 401 g/mol. The number of para-hydroxylation sites is 1. The van der Waals surface area contributed by atoms with Crippen LogP contribution in [0.25, 0.3) is 0 Å². The number of ketones is 1. The number of Topliss-reactive ketones (excluding diaryl/α,β-unsaturated/α-hetero) is 1. The van der Waals surface area contributed by atoms with E-state index in [2.05, 4.69) is 21.2 Å². The quantitative estimate of drug-likeness (QED) is 0.713. The molecule has 1 aliphatic heterocycles. The van der Waals surface area contributed by atoms with E-state index in [-0.39, 0.29) is 17.1 Å². The molecule has 0 amide bonds. The molecule has 0 saturated carbocycles. The van der Waals surface area contributed by atoms with Gasteiger partial charge in [0.25, 0.3) is 0 Å². The molecule has 0 aliphatic carbocycles. The molecule has 0 aromatic heterocycles. The molecular formula is C20H20BrNO3. The SMILES string of the molecule is CC(C)(C)NC=C1C(=O)c2ccccc2OC1c1ccc(O)c(Br)c1. The van der Waals surface area contributed by atoms with Crippen LogP contribution in [-0.4, -0.2) is 16.4 Å². The molecule has 130 valence electrons. The van der Waals surface area contributed by atoms with Crippen molar-refractivity contribution >= 4 is 21.7 Å². The van der Waals surface area contributed by atoms with Gasteiger partial charge in [0, 0.05) is 11.7 Å². The summed E-state index contributed by atoms with van der Waals surface area (Å²) in [5.74, 6) is 0.645. The largest absolute Gasteiger partial charge is 0.507 e. The lowest BCUT2D eigenvalue weighted by Crippen LogP contribution is -2.34. The molecule has 3 rings (SSSR count). The molecule has 0 saturated heterocycles. The standard InChI is InChI=1S/C20H20BrNO3/c1-20(2,3)22-11-14-18(24)13-6-4-5-7-17(13)25-19(14)12-8-9-16(23)15(21)10-12/h4-11,19,22-23H,1-3H3. The number of aromatic hydroxyl groups is 1. The maximum absolute atomic E-state index is 13.0. The van der Waals surface area contributed by atoms with Crippen molar-refractivity contribution in [2.75, 3.05) is 0 Å². The van der Waals surface area contributed by atoms with Crippen LogP contribution in [0.4, 0.5) is 0 Å². The number of ether oxygens (including phenoxy) is 1. The second-order valence-electron chi connectivity index (χ2n) is 7.03. The molecule has 1 heterocycles. The van der Waals surface area contributed by atoms with E-state index in [9.17, 15) is 9.90 Å². The van der Waals surface area contributed by atoms with Crippen LogP contribution in [0.1, 0.15) is 42.8 Å². The number of halogens is 1. The molecule has 2 N–H and O–H groups in total. The molecule has 1 unspecified atom stereocenters. The van der Waals surface area contributed by atoms with Gasteiger partial charge in [-0.05, 0) is 66.5 Å². The van der Waals surface area contributed by atoms with Gasteiger partial charge in [-0.1, -0.05) is 18.2 Å². The lowest BCUT2D eigenvalue weighted by atomic mass is 9.91. The van der Waals surface area contributed by atoms with Crippen molar-refractivity contribution < 1.29 is 14.6 Å². The number of fused-ring (bicyclic) bond motifs is 1. The van der Waals surface area contributed by atoms with E-state index in [4.69, 9.17) is 4.74 Å². The summed E-state index contributed by atoms with van der Waals surface area (Å²) in [7, 11) is 0. The highest BCUT2D eigenvalue weighted by Gasteiger charge is 2.33. The zero-order valence-electron chi connectivity index (χ0n) is 14.3. The number of rotatable bonds is 2. The summed E-state index contributed by atoms with van der Waals surface area (Å²) in [5, 5.41) is 13.0. The molecule has 0 bridgehead atoms. The van der Waals surface area contributed by atoms with Gasteiger partial charge in [-0.3, -0.25) is 4.79 Å². The minimum atomic E-state index is -0.547. The van der Waals surface area contributed by atoms with Gasteiger partial charge in [-0.15, -0.1) is 0 Å². The first-order chi connectivity index (χ1) is 11.8. The summed E-state index contributed by atoms with van der Waals surface area (Å²) in [5.41, 5.74) is 1.70. The van der Waals surface area contributed by atoms with Crippen molar-refractivity contribution in [2.45, 2.75) is 32.4 Å². The predicted octanol–water partition coefficient (Wildman–Crippen LogP) is 4.74. The maximum atomic E-state index is 13.0. The molecule has 4 nitrogen and oxygen atoms in total. The lowest BCUT2D eigenvalue weighted by molar-refractivity contribution is 0.0959. The fourth-order valence-electron chi connectivity index (χ4n) is 2.59. The summed E-state index contributed by atoms with van der Waals surface area (Å²) < 4.78 is 6.69. The van der Waals surface area contributed by atoms with E-state index < -0.39 is 6.10 Å². The van der Waals surface area contributed by atoms with Gasteiger partial charge >= 0.3 is 0 Å². The molecule has 1 atom stereocenters. The fraction of sp³-hybridized carbons (Fsp3) is 0.250. The molecule has 25 heavy (non-hydrogen) atoms. The molecule has 0 spiro atoms. The summed E-state index contributed by atoms with van der Waals surface area (Å²) >= 11 is 3.32. The average Bonchev–Trinajstić information content (AvgIpc) is 2.55. The van der Waals surface area contributed by atoms with Gasteiger partial charge in [0.1, 0.15) is 11.5 Å². The summed E-state index contributed by atoms with van der Waals surface area (Å²) in [6, 6.07) is 12.4. The topological polar surface area (TPSA) is 58.6 Å². The normalized spacial score (nSPS) is 18.6. The Morgan fingerprint density at radius 2 is 1.92 bits per heavy atom. The third-order valence-electron chi connectivity index (χ3n) is 3.86. The van der Waals surface area contributed by atoms with Crippen LogP contribution >= 0.6 is 15.9 Å². The number of nitrogens with one attached hydrogen (secondary N) is 1. The number of phenolic OH excluding ortho intramolecular Hbond substituents is 1.